The van der Waals surface area contributed by atoms with E-state index in [1.165, 1.54) is 0 Å². The molecule has 5 heteroatoms. The van der Waals surface area contributed by atoms with Crippen molar-refractivity contribution in [2.24, 2.45) is 5.73 Å². The average Bonchev–Trinajstić information content (AvgIpc) is 2.28. The van der Waals surface area contributed by atoms with Crippen molar-refractivity contribution in [1.29, 1.82) is 5.41 Å². The maximum absolute atomic E-state index is 7.14. The van der Waals surface area contributed by atoms with E-state index in [9.17, 15) is 0 Å². The van der Waals surface area contributed by atoms with E-state index in [2.05, 4.69) is 4.98 Å². The average molecular weight is 250 g/mol. The summed E-state index contributed by atoms with van der Waals surface area (Å²) in [5, 5.41) is 8.65. The minimum atomic E-state index is -0.0271. The molecule has 0 aliphatic heterocycles. The van der Waals surface area contributed by atoms with Gasteiger partial charge in [0.05, 0.1) is 5.02 Å². The fourth-order valence-electron chi connectivity index (χ4n) is 1.63. The predicted molar refractivity (Wildman–Crippen MR) is 68.9 cm³/mol. The molecule has 0 aliphatic rings. The van der Waals surface area contributed by atoms with Crippen molar-refractivity contribution in [3.63, 3.8) is 0 Å². The van der Waals surface area contributed by atoms with Gasteiger partial charge in [0.2, 0.25) is 0 Å². The van der Waals surface area contributed by atoms with Crippen LogP contribution in [0.5, 0.6) is 5.75 Å². The molecule has 1 heterocycles. The zero-order valence-corrected chi connectivity index (χ0v) is 10.1. The van der Waals surface area contributed by atoms with Gasteiger partial charge in [0, 0.05) is 11.6 Å². The number of halogens is 1. The van der Waals surface area contributed by atoms with Crippen molar-refractivity contribution >= 4 is 28.3 Å². The quantitative estimate of drug-likeness (QED) is 0.649. The number of nitrogens with zero attached hydrogens (tertiary/aromatic N) is 1. The molecule has 17 heavy (non-hydrogen) atoms. The largest absolute Gasteiger partial charge is 0.483 e. The number of pyridine rings is 1. The smallest absolute Gasteiger partial charge is 0.146 e. The van der Waals surface area contributed by atoms with Crippen LogP contribution in [-0.4, -0.2) is 17.4 Å². The highest BCUT2D eigenvalue weighted by Gasteiger charge is 2.09. The van der Waals surface area contributed by atoms with Gasteiger partial charge < -0.3 is 10.5 Å². The molecule has 88 valence electrons. The first-order valence-corrected chi connectivity index (χ1v) is 5.47. The molecule has 0 bridgehead atoms. The second-order valence-corrected chi connectivity index (χ2v) is 4.12. The lowest BCUT2D eigenvalue weighted by atomic mass is 10.1. The Labute approximate surface area is 104 Å². The predicted octanol–water partition coefficient (Wildman–Crippen LogP) is 2.51. The third-order valence-electron chi connectivity index (χ3n) is 2.40. The molecule has 0 spiro atoms. The summed E-state index contributed by atoms with van der Waals surface area (Å²) in [6.07, 6.45) is 1.70. The lowest BCUT2D eigenvalue weighted by molar-refractivity contribution is 0.378. The lowest BCUT2D eigenvalue weighted by Crippen LogP contribution is -2.19. The number of ether oxygens (including phenoxy) is 1. The van der Waals surface area contributed by atoms with E-state index in [-0.39, 0.29) is 12.4 Å². The molecule has 0 fully saturated rings. The molecule has 1 aromatic heterocycles. The number of nitrogens with one attached hydrogen (secondary N) is 1. The van der Waals surface area contributed by atoms with Crippen molar-refractivity contribution in [3.05, 3.63) is 35.0 Å². The van der Waals surface area contributed by atoms with Crippen LogP contribution >= 0.6 is 11.6 Å². The molecule has 1 aromatic carbocycles. The topological polar surface area (TPSA) is 72.0 Å². The monoisotopic (exact) mass is 249 g/mol. The van der Waals surface area contributed by atoms with E-state index >= 15 is 0 Å². The number of nitrogens with two attached hydrogens (primary N) is 1. The lowest BCUT2D eigenvalue weighted by Gasteiger charge is -2.10. The van der Waals surface area contributed by atoms with Crippen molar-refractivity contribution in [2.75, 3.05) is 6.61 Å². The minimum Gasteiger partial charge on any atom is -0.483 e. The number of aromatic nitrogens is 1. The molecule has 0 radical (unpaired) electrons. The molecular weight excluding hydrogens is 238 g/mol. The van der Waals surface area contributed by atoms with Gasteiger partial charge >= 0.3 is 0 Å². The van der Waals surface area contributed by atoms with Gasteiger partial charge in [-0.15, -0.1) is 0 Å². The van der Waals surface area contributed by atoms with Gasteiger partial charge in [0.1, 0.15) is 23.7 Å². The molecule has 0 aliphatic carbocycles. The van der Waals surface area contributed by atoms with E-state index in [1.807, 2.05) is 13.0 Å². The Kier molecular flexibility index (Phi) is 3.15. The minimum absolute atomic E-state index is 0.0271. The molecule has 0 atom stereocenters. The van der Waals surface area contributed by atoms with Crippen molar-refractivity contribution in [3.8, 4) is 5.75 Å². The van der Waals surface area contributed by atoms with E-state index in [0.29, 0.717) is 16.3 Å². The molecule has 0 unspecified atom stereocenters. The Morgan fingerprint density at radius 1 is 1.47 bits per heavy atom. The molecule has 3 N–H and O–H groups in total. The Hall–Kier alpha value is -1.81. The van der Waals surface area contributed by atoms with Crippen molar-refractivity contribution in [2.45, 2.75) is 6.92 Å². The highest BCUT2D eigenvalue weighted by molar-refractivity contribution is 6.35. The number of aryl methyl sites for hydroxylation is 1. The van der Waals surface area contributed by atoms with Crippen LogP contribution in [0.15, 0.2) is 24.4 Å². The summed E-state index contributed by atoms with van der Waals surface area (Å²) >= 11 is 6.13. The van der Waals surface area contributed by atoms with E-state index in [4.69, 9.17) is 27.5 Å². The van der Waals surface area contributed by atoms with Crippen LogP contribution in [0, 0.1) is 12.3 Å². The Bertz CT molecular complexity index is 575. The summed E-state index contributed by atoms with van der Waals surface area (Å²) in [6, 6.07) is 5.39. The number of amidine groups is 1. The highest BCUT2D eigenvalue weighted by Crippen LogP contribution is 2.31. The van der Waals surface area contributed by atoms with Gasteiger partial charge in [-0.25, -0.2) is 0 Å². The maximum Gasteiger partial charge on any atom is 0.146 e. The zero-order chi connectivity index (χ0) is 12.4. The van der Waals surface area contributed by atoms with E-state index in [1.54, 1.807) is 18.3 Å². The van der Waals surface area contributed by atoms with Crippen molar-refractivity contribution in [1.82, 2.24) is 4.98 Å². The van der Waals surface area contributed by atoms with Gasteiger partial charge in [-0.05, 0) is 30.7 Å². The van der Waals surface area contributed by atoms with Crippen LogP contribution in [-0.2, 0) is 0 Å². The number of rotatable bonds is 3. The summed E-state index contributed by atoms with van der Waals surface area (Å²) in [7, 11) is 0. The first-order valence-electron chi connectivity index (χ1n) is 5.09. The Morgan fingerprint density at radius 2 is 2.24 bits per heavy atom. The van der Waals surface area contributed by atoms with Crippen LogP contribution in [0.2, 0.25) is 5.02 Å². The van der Waals surface area contributed by atoms with Crippen LogP contribution < -0.4 is 10.5 Å². The third kappa shape index (κ3) is 2.31. The summed E-state index contributed by atoms with van der Waals surface area (Å²) in [5.74, 6) is 0.559. The Morgan fingerprint density at radius 3 is 2.94 bits per heavy atom. The van der Waals surface area contributed by atoms with Gasteiger partial charge in [-0.3, -0.25) is 10.4 Å². The van der Waals surface area contributed by atoms with Crippen LogP contribution in [0.25, 0.3) is 10.9 Å². The Balaban J connectivity index is 2.54. The van der Waals surface area contributed by atoms with Crippen LogP contribution in [0.3, 0.4) is 0 Å². The molecule has 0 saturated carbocycles. The summed E-state index contributed by atoms with van der Waals surface area (Å²) in [5.41, 5.74) is 6.98. The first kappa shape index (κ1) is 11.7. The maximum atomic E-state index is 7.14. The molecule has 2 aromatic rings. The fourth-order valence-corrected chi connectivity index (χ4v) is 1.93. The zero-order valence-electron chi connectivity index (χ0n) is 9.33. The summed E-state index contributed by atoms with van der Waals surface area (Å²) < 4.78 is 5.42. The molecule has 2 rings (SSSR count). The standard InChI is InChI=1S/C12H12ClN3O/c1-7-4-5-16-12-9(17-6-10(14)15)3-2-8(13)11(7)12/h2-5H,6H2,1H3,(H3,14,15). The molecule has 0 amide bonds. The second kappa shape index (κ2) is 4.59. The second-order valence-electron chi connectivity index (χ2n) is 3.71. The van der Waals surface area contributed by atoms with E-state index in [0.717, 1.165) is 10.9 Å². The number of fused-ring (bicyclic) bond motifs is 1. The SMILES string of the molecule is Cc1ccnc2c(OCC(=N)N)ccc(Cl)c12. The third-order valence-corrected chi connectivity index (χ3v) is 2.71. The number of hydrogen-bond acceptors (Lipinski definition) is 3. The van der Waals surface area contributed by atoms with Crippen LogP contribution in [0.4, 0.5) is 0 Å². The normalized spacial score (nSPS) is 10.5. The fraction of sp³-hybridized carbons (Fsp3) is 0.167. The van der Waals surface area contributed by atoms with Crippen molar-refractivity contribution < 1.29 is 4.74 Å². The summed E-state index contributed by atoms with van der Waals surface area (Å²) in [4.78, 5) is 4.26. The van der Waals surface area contributed by atoms with Gasteiger partial charge in [0.15, 0.2) is 0 Å². The first-order chi connectivity index (χ1) is 8.09. The number of benzene rings is 1. The van der Waals surface area contributed by atoms with Gasteiger partial charge in [-0.1, -0.05) is 11.6 Å². The van der Waals surface area contributed by atoms with Crippen LogP contribution in [0.1, 0.15) is 5.56 Å². The summed E-state index contributed by atoms with van der Waals surface area (Å²) in [6.45, 7) is 2.01. The molecular formula is C12H12ClN3O. The number of hydrogen-bond donors (Lipinski definition) is 2. The molecule has 4 nitrogen and oxygen atoms in total. The van der Waals surface area contributed by atoms with E-state index < -0.39 is 0 Å². The molecule has 0 saturated heterocycles. The van der Waals surface area contributed by atoms with Gasteiger partial charge in [-0.2, -0.15) is 0 Å². The highest BCUT2D eigenvalue weighted by atomic mass is 35.5. The van der Waals surface area contributed by atoms with Gasteiger partial charge in [0.25, 0.3) is 0 Å².